The molecule has 0 saturated heterocycles. The third-order valence-corrected chi connectivity index (χ3v) is 3.06. The van der Waals surface area contributed by atoms with E-state index in [4.69, 9.17) is 4.74 Å². The number of methoxy groups -OCH3 is 1. The molecule has 1 aliphatic rings. The van der Waals surface area contributed by atoms with Crippen molar-refractivity contribution in [3.63, 3.8) is 0 Å². The van der Waals surface area contributed by atoms with E-state index in [2.05, 4.69) is 4.74 Å². The fraction of sp³-hybridized carbons (Fsp3) is 0.176. The summed E-state index contributed by atoms with van der Waals surface area (Å²) in [6.45, 7) is 1.96. The molecule has 0 amide bonds. The van der Waals surface area contributed by atoms with Crippen molar-refractivity contribution in [1.29, 1.82) is 0 Å². The number of para-hydroxylation sites is 1. The fourth-order valence-corrected chi connectivity index (χ4v) is 1.89. The van der Waals surface area contributed by atoms with E-state index in [-0.39, 0.29) is 0 Å². The lowest BCUT2D eigenvalue weighted by molar-refractivity contribution is -0.149. The van der Waals surface area contributed by atoms with Gasteiger partial charge in [-0.25, -0.2) is 4.79 Å². The summed E-state index contributed by atoms with van der Waals surface area (Å²) in [7, 11) is 1.19. The number of esters is 1. The van der Waals surface area contributed by atoms with Crippen molar-refractivity contribution in [3.05, 3.63) is 65.5 Å². The second kappa shape index (κ2) is 6.70. The smallest absolute Gasteiger partial charge is 0.379 e. The number of rotatable bonds is 4. The van der Waals surface area contributed by atoms with Crippen LogP contribution in [-0.2, 0) is 14.3 Å². The Bertz CT molecular complexity index is 651. The number of allylic oxidation sites excluding steroid dienone is 4. The molecule has 0 heterocycles. The molecule has 4 nitrogen and oxygen atoms in total. The number of carbonyl (C=O) groups is 2. The summed E-state index contributed by atoms with van der Waals surface area (Å²) in [6, 6.07) is 7.65. The van der Waals surface area contributed by atoms with Crippen LogP contribution >= 0.6 is 0 Å². The molecule has 1 aliphatic carbocycles. The molecule has 1 aromatic carbocycles. The minimum absolute atomic E-state index is 0.299. The van der Waals surface area contributed by atoms with Crippen molar-refractivity contribution in [2.45, 2.75) is 13.3 Å². The lowest BCUT2D eigenvalue weighted by atomic mass is 10.00. The van der Waals surface area contributed by atoms with Crippen molar-refractivity contribution in [2.75, 3.05) is 7.11 Å². The summed E-state index contributed by atoms with van der Waals surface area (Å²) in [5.74, 6) is -0.768. The average molecular weight is 284 g/mol. The van der Waals surface area contributed by atoms with Gasteiger partial charge in [-0.3, -0.25) is 4.79 Å². The molecular formula is C17H16O4. The van der Waals surface area contributed by atoms with Gasteiger partial charge in [0.2, 0.25) is 0 Å². The summed E-state index contributed by atoms with van der Waals surface area (Å²) in [5, 5.41) is 0. The molecule has 21 heavy (non-hydrogen) atoms. The van der Waals surface area contributed by atoms with Crippen molar-refractivity contribution in [3.8, 4) is 5.75 Å². The number of hydrogen-bond donors (Lipinski definition) is 0. The maximum atomic E-state index is 11.7. The number of Topliss-reactive ketones (excluding diaryl/α,β-unsaturated/α-hetero) is 1. The quantitative estimate of drug-likeness (QED) is 0.484. The summed E-state index contributed by atoms with van der Waals surface area (Å²) >= 11 is 0. The topological polar surface area (TPSA) is 52.6 Å². The van der Waals surface area contributed by atoms with Crippen LogP contribution in [0.25, 0.3) is 0 Å². The highest BCUT2D eigenvalue weighted by atomic mass is 16.5. The molecule has 0 aromatic heterocycles. The van der Waals surface area contributed by atoms with E-state index in [0.29, 0.717) is 12.0 Å². The van der Waals surface area contributed by atoms with Crippen molar-refractivity contribution < 1.29 is 19.1 Å². The first-order chi connectivity index (χ1) is 10.1. The zero-order valence-corrected chi connectivity index (χ0v) is 12.0. The van der Waals surface area contributed by atoms with Crippen molar-refractivity contribution in [1.82, 2.24) is 0 Å². The molecule has 0 bridgehead atoms. The summed E-state index contributed by atoms with van der Waals surface area (Å²) in [4.78, 5) is 23.0. The summed E-state index contributed by atoms with van der Waals surface area (Å²) < 4.78 is 10.1. The van der Waals surface area contributed by atoms with Gasteiger partial charge < -0.3 is 9.47 Å². The lowest BCUT2D eigenvalue weighted by Gasteiger charge is -2.09. The van der Waals surface area contributed by atoms with Crippen LogP contribution in [0.1, 0.15) is 12.0 Å². The molecule has 0 aliphatic heterocycles. The monoisotopic (exact) mass is 284 g/mol. The van der Waals surface area contributed by atoms with Crippen LogP contribution in [0.15, 0.2) is 59.9 Å². The van der Waals surface area contributed by atoms with Gasteiger partial charge in [-0.15, -0.1) is 0 Å². The standard InChI is InChI=1S/C17H16O4/c1-12-6-3-4-9-15(12)21-11-13-7-5-8-14(10-13)16(18)17(19)20-2/h3-6,8-11H,7H2,1-2H3. The van der Waals surface area contributed by atoms with Gasteiger partial charge in [0.1, 0.15) is 5.75 Å². The number of carbonyl (C=O) groups excluding carboxylic acids is 2. The number of ketones is 1. The number of ether oxygens (including phenoxy) is 2. The molecule has 4 heteroatoms. The number of hydrogen-bond acceptors (Lipinski definition) is 4. The van der Waals surface area contributed by atoms with E-state index in [0.717, 1.165) is 16.9 Å². The zero-order chi connectivity index (χ0) is 15.2. The minimum Gasteiger partial charge on any atom is -0.464 e. The highest BCUT2D eigenvalue weighted by molar-refractivity contribution is 6.41. The molecule has 0 unspecified atom stereocenters. The highest BCUT2D eigenvalue weighted by Gasteiger charge is 2.19. The van der Waals surface area contributed by atoms with Crippen LogP contribution in [0.5, 0.6) is 5.75 Å². The second-order valence-electron chi connectivity index (χ2n) is 4.60. The van der Waals surface area contributed by atoms with Crippen LogP contribution in [0.3, 0.4) is 0 Å². The summed E-state index contributed by atoms with van der Waals surface area (Å²) in [5.41, 5.74) is 2.14. The van der Waals surface area contributed by atoms with Gasteiger partial charge in [0.25, 0.3) is 5.78 Å². The fourth-order valence-electron chi connectivity index (χ4n) is 1.89. The number of aryl methyl sites for hydroxylation is 1. The second-order valence-corrected chi connectivity index (χ2v) is 4.60. The third kappa shape index (κ3) is 3.69. The molecule has 0 fully saturated rings. The molecular weight excluding hydrogens is 268 g/mol. The Kier molecular flexibility index (Phi) is 4.72. The lowest BCUT2D eigenvalue weighted by Crippen LogP contribution is -2.17. The SMILES string of the molecule is COC(=O)C(=O)C1=CC(=COc2ccccc2C)CC=C1. The first kappa shape index (κ1) is 14.8. The highest BCUT2D eigenvalue weighted by Crippen LogP contribution is 2.20. The summed E-state index contributed by atoms with van der Waals surface area (Å²) in [6.07, 6.45) is 7.30. The normalized spacial score (nSPS) is 15.5. The Morgan fingerprint density at radius 3 is 2.71 bits per heavy atom. The van der Waals surface area contributed by atoms with Gasteiger partial charge in [-0.1, -0.05) is 30.4 Å². The van der Waals surface area contributed by atoms with E-state index >= 15 is 0 Å². The maximum Gasteiger partial charge on any atom is 0.379 e. The Morgan fingerprint density at radius 1 is 1.24 bits per heavy atom. The van der Waals surface area contributed by atoms with Gasteiger partial charge in [0.15, 0.2) is 0 Å². The van der Waals surface area contributed by atoms with Gasteiger partial charge in [0, 0.05) is 5.57 Å². The largest absolute Gasteiger partial charge is 0.464 e. The van der Waals surface area contributed by atoms with E-state index < -0.39 is 11.8 Å². The van der Waals surface area contributed by atoms with Gasteiger partial charge in [-0.05, 0) is 36.6 Å². The van der Waals surface area contributed by atoms with Crippen LogP contribution < -0.4 is 4.74 Å². The molecule has 2 rings (SSSR count). The average Bonchev–Trinajstić information content (AvgIpc) is 2.53. The number of benzene rings is 1. The predicted molar refractivity (Wildman–Crippen MR) is 78.8 cm³/mol. The maximum absolute atomic E-state index is 11.7. The minimum atomic E-state index is -0.869. The Hall–Kier alpha value is -2.62. The van der Waals surface area contributed by atoms with Gasteiger partial charge in [-0.2, -0.15) is 0 Å². The molecule has 1 aromatic rings. The van der Waals surface area contributed by atoms with Crippen molar-refractivity contribution >= 4 is 11.8 Å². The molecule has 108 valence electrons. The molecule has 0 N–H and O–H groups in total. The van der Waals surface area contributed by atoms with Crippen LogP contribution in [0.4, 0.5) is 0 Å². The molecule has 0 spiro atoms. The van der Waals surface area contributed by atoms with Gasteiger partial charge in [0.05, 0.1) is 13.4 Å². The molecule has 0 radical (unpaired) electrons. The Morgan fingerprint density at radius 2 is 2.00 bits per heavy atom. The Labute approximate surface area is 123 Å². The molecule has 0 saturated carbocycles. The first-order valence-electron chi connectivity index (χ1n) is 6.54. The van der Waals surface area contributed by atoms with Crippen LogP contribution in [0.2, 0.25) is 0 Å². The molecule has 0 atom stereocenters. The van der Waals surface area contributed by atoms with Gasteiger partial charge >= 0.3 is 5.97 Å². The van der Waals surface area contributed by atoms with E-state index in [1.165, 1.54) is 7.11 Å². The predicted octanol–water partition coefficient (Wildman–Crippen LogP) is 2.89. The first-order valence-corrected chi connectivity index (χ1v) is 6.54. The zero-order valence-electron chi connectivity index (χ0n) is 12.0. The Balaban J connectivity index is 2.14. The van der Waals surface area contributed by atoms with E-state index in [9.17, 15) is 9.59 Å². The van der Waals surface area contributed by atoms with Crippen molar-refractivity contribution in [2.24, 2.45) is 0 Å². The van der Waals surface area contributed by atoms with E-state index in [1.807, 2.05) is 37.3 Å². The van der Waals surface area contributed by atoms with Crippen LogP contribution in [0, 0.1) is 6.92 Å². The third-order valence-electron chi connectivity index (χ3n) is 3.06. The van der Waals surface area contributed by atoms with E-state index in [1.54, 1.807) is 18.4 Å². The van der Waals surface area contributed by atoms with Crippen LogP contribution in [-0.4, -0.2) is 18.9 Å².